The summed E-state index contributed by atoms with van der Waals surface area (Å²) in [4.78, 5) is 2.08. The van der Waals surface area contributed by atoms with E-state index in [1.807, 2.05) is 24.3 Å². The number of rotatable bonds is 1. The first-order valence-electron chi connectivity index (χ1n) is 6.88. The maximum absolute atomic E-state index is 10.3. The minimum Gasteiger partial charge on any atom is -0.374 e. The molecule has 0 bridgehead atoms. The Balaban J connectivity index is 1.79. The molecule has 2 aliphatic heterocycles. The van der Waals surface area contributed by atoms with Crippen molar-refractivity contribution in [3.8, 4) is 6.07 Å². The Kier molecular flexibility index (Phi) is 3.17. The molecule has 1 aromatic rings. The Morgan fingerprint density at radius 2 is 1.95 bits per heavy atom. The first kappa shape index (κ1) is 12.5. The zero-order valence-electron chi connectivity index (χ0n) is 11.0. The van der Waals surface area contributed by atoms with Gasteiger partial charge >= 0.3 is 0 Å². The first-order valence-corrected chi connectivity index (χ1v) is 6.88. The molecule has 2 saturated heterocycles. The van der Waals surface area contributed by atoms with Crippen LogP contribution in [0.1, 0.15) is 24.8 Å². The van der Waals surface area contributed by atoms with E-state index in [1.54, 1.807) is 0 Å². The van der Waals surface area contributed by atoms with E-state index in [1.165, 1.54) is 0 Å². The lowest BCUT2D eigenvalue weighted by Crippen LogP contribution is -2.38. The molecule has 1 unspecified atom stereocenters. The minimum atomic E-state index is -0.397. The van der Waals surface area contributed by atoms with Crippen LogP contribution in [0.3, 0.4) is 0 Å². The van der Waals surface area contributed by atoms with Crippen LogP contribution in [-0.2, 0) is 0 Å². The fourth-order valence-corrected chi connectivity index (χ4v) is 3.34. The van der Waals surface area contributed by atoms with Crippen LogP contribution in [0.4, 0.5) is 5.69 Å². The van der Waals surface area contributed by atoms with Crippen molar-refractivity contribution in [1.29, 1.82) is 5.26 Å². The highest BCUT2D eigenvalue weighted by atomic mass is 16.3. The van der Waals surface area contributed by atoms with Crippen LogP contribution in [0.15, 0.2) is 24.3 Å². The van der Waals surface area contributed by atoms with Gasteiger partial charge in [-0.2, -0.15) is 5.26 Å². The van der Waals surface area contributed by atoms with E-state index in [2.05, 4.69) is 16.3 Å². The molecular formula is C15H19N3O. The largest absolute Gasteiger partial charge is 0.374 e. The lowest BCUT2D eigenvalue weighted by molar-refractivity contribution is 0.143. The van der Waals surface area contributed by atoms with Gasteiger partial charge in [-0.15, -0.1) is 0 Å². The third kappa shape index (κ3) is 2.32. The number of anilines is 1. The van der Waals surface area contributed by atoms with Crippen molar-refractivity contribution in [1.82, 2.24) is 5.32 Å². The van der Waals surface area contributed by atoms with Crippen molar-refractivity contribution in [3.63, 3.8) is 0 Å². The van der Waals surface area contributed by atoms with Crippen molar-refractivity contribution >= 4 is 5.69 Å². The summed E-state index contributed by atoms with van der Waals surface area (Å²) in [5.41, 5.74) is 1.94. The molecule has 2 aliphatic rings. The Hall–Kier alpha value is -1.57. The Bertz CT molecular complexity index is 485. The molecule has 2 N–H and O–H groups in total. The summed E-state index contributed by atoms with van der Waals surface area (Å²) in [6.07, 6.45) is 2.73. The number of piperidine rings is 1. The van der Waals surface area contributed by atoms with Crippen molar-refractivity contribution in [2.75, 3.05) is 24.5 Å². The van der Waals surface area contributed by atoms with Crippen LogP contribution in [0.2, 0.25) is 0 Å². The maximum atomic E-state index is 10.3. The number of hydrogen-bond acceptors (Lipinski definition) is 4. The van der Waals surface area contributed by atoms with Gasteiger partial charge in [0.25, 0.3) is 0 Å². The minimum absolute atomic E-state index is 0.262. The molecule has 3 rings (SSSR count). The molecule has 100 valence electrons. The average molecular weight is 257 g/mol. The second-order valence-electron chi connectivity index (χ2n) is 5.72. The molecule has 1 atom stereocenters. The van der Waals surface area contributed by atoms with E-state index in [0.29, 0.717) is 5.56 Å². The van der Waals surface area contributed by atoms with Gasteiger partial charge < -0.3 is 15.3 Å². The molecule has 19 heavy (non-hydrogen) atoms. The second kappa shape index (κ2) is 4.84. The zero-order chi connectivity index (χ0) is 13.3. The van der Waals surface area contributed by atoms with E-state index in [0.717, 1.165) is 44.6 Å². The number of nitrogens with zero attached hydrogens (tertiary/aromatic N) is 2. The molecule has 0 aromatic heterocycles. The van der Waals surface area contributed by atoms with E-state index in [9.17, 15) is 5.11 Å². The summed E-state index contributed by atoms with van der Waals surface area (Å²) in [5.74, 6) is 0. The third-order valence-electron chi connectivity index (χ3n) is 4.47. The van der Waals surface area contributed by atoms with E-state index in [-0.39, 0.29) is 5.41 Å². The van der Waals surface area contributed by atoms with Crippen molar-refractivity contribution in [3.05, 3.63) is 29.8 Å². The van der Waals surface area contributed by atoms with Crippen molar-refractivity contribution < 1.29 is 5.11 Å². The fourth-order valence-electron chi connectivity index (χ4n) is 3.34. The zero-order valence-corrected chi connectivity index (χ0v) is 11.0. The number of nitriles is 1. The SMILES string of the molecule is N#Cc1ccc(N2CC3(CCNCC3)CC2O)cc1. The predicted molar refractivity (Wildman–Crippen MR) is 73.7 cm³/mol. The molecule has 1 aromatic carbocycles. The Labute approximate surface area is 113 Å². The van der Waals surface area contributed by atoms with Gasteiger partial charge in [0.15, 0.2) is 0 Å². The lowest BCUT2D eigenvalue weighted by atomic mass is 9.78. The first-order chi connectivity index (χ1) is 9.22. The molecule has 0 aliphatic carbocycles. The highest BCUT2D eigenvalue weighted by Gasteiger charge is 2.43. The second-order valence-corrected chi connectivity index (χ2v) is 5.72. The van der Waals surface area contributed by atoms with Gasteiger partial charge in [-0.3, -0.25) is 0 Å². The molecule has 0 saturated carbocycles. The summed E-state index contributed by atoms with van der Waals surface area (Å²) in [7, 11) is 0. The summed E-state index contributed by atoms with van der Waals surface area (Å²) in [5, 5.41) is 22.5. The van der Waals surface area contributed by atoms with Crippen LogP contribution in [0.5, 0.6) is 0 Å². The molecule has 2 fully saturated rings. The molecule has 1 spiro atoms. The van der Waals surface area contributed by atoms with Gasteiger partial charge in [0, 0.05) is 12.2 Å². The summed E-state index contributed by atoms with van der Waals surface area (Å²) in [6.45, 7) is 3.02. The van der Waals surface area contributed by atoms with Gasteiger partial charge in [0.2, 0.25) is 0 Å². The number of hydrogen-bond donors (Lipinski definition) is 2. The van der Waals surface area contributed by atoms with Crippen LogP contribution in [0, 0.1) is 16.7 Å². The van der Waals surface area contributed by atoms with Crippen LogP contribution in [-0.4, -0.2) is 31.0 Å². The van der Waals surface area contributed by atoms with E-state index < -0.39 is 6.23 Å². The third-order valence-corrected chi connectivity index (χ3v) is 4.47. The number of aliphatic hydroxyl groups excluding tert-OH is 1. The highest BCUT2D eigenvalue weighted by molar-refractivity contribution is 5.51. The molecule has 4 heteroatoms. The topological polar surface area (TPSA) is 59.3 Å². The Morgan fingerprint density at radius 1 is 1.26 bits per heavy atom. The molecule has 2 heterocycles. The smallest absolute Gasteiger partial charge is 0.127 e. The van der Waals surface area contributed by atoms with Gasteiger partial charge in [-0.25, -0.2) is 0 Å². The summed E-state index contributed by atoms with van der Waals surface area (Å²) in [6, 6.07) is 9.62. The predicted octanol–water partition coefficient (Wildman–Crippen LogP) is 1.46. The maximum Gasteiger partial charge on any atom is 0.127 e. The van der Waals surface area contributed by atoms with Gasteiger partial charge in [0.1, 0.15) is 6.23 Å². The van der Waals surface area contributed by atoms with E-state index >= 15 is 0 Å². The van der Waals surface area contributed by atoms with Gasteiger partial charge in [-0.05, 0) is 62.0 Å². The van der Waals surface area contributed by atoms with Gasteiger partial charge in [-0.1, -0.05) is 0 Å². The van der Waals surface area contributed by atoms with Crippen LogP contribution >= 0.6 is 0 Å². The molecular weight excluding hydrogens is 238 g/mol. The van der Waals surface area contributed by atoms with Crippen molar-refractivity contribution in [2.45, 2.75) is 25.5 Å². The fraction of sp³-hybridized carbons (Fsp3) is 0.533. The molecule has 4 nitrogen and oxygen atoms in total. The van der Waals surface area contributed by atoms with Crippen LogP contribution < -0.4 is 10.2 Å². The molecule has 0 radical (unpaired) electrons. The van der Waals surface area contributed by atoms with Crippen molar-refractivity contribution in [2.24, 2.45) is 5.41 Å². The quantitative estimate of drug-likeness (QED) is 0.799. The molecule has 0 amide bonds. The monoisotopic (exact) mass is 257 g/mol. The summed E-state index contributed by atoms with van der Waals surface area (Å²) < 4.78 is 0. The number of benzene rings is 1. The highest BCUT2D eigenvalue weighted by Crippen LogP contribution is 2.42. The normalized spacial score (nSPS) is 25.5. The lowest BCUT2D eigenvalue weighted by Gasteiger charge is -2.33. The summed E-state index contributed by atoms with van der Waals surface area (Å²) >= 11 is 0. The van der Waals surface area contributed by atoms with Gasteiger partial charge in [0.05, 0.1) is 11.6 Å². The number of aliphatic hydroxyl groups is 1. The standard InChI is InChI=1S/C15H19N3O/c16-10-12-1-3-13(4-2-12)18-11-15(9-14(18)19)5-7-17-8-6-15/h1-4,14,17,19H,5-9,11H2. The average Bonchev–Trinajstić information content (AvgIpc) is 2.76. The Morgan fingerprint density at radius 3 is 2.58 bits per heavy atom. The number of nitrogens with one attached hydrogen (secondary N) is 1. The van der Waals surface area contributed by atoms with E-state index in [4.69, 9.17) is 5.26 Å². The van der Waals surface area contributed by atoms with Crippen LogP contribution in [0.25, 0.3) is 0 Å².